The van der Waals surface area contributed by atoms with E-state index in [0.717, 1.165) is 11.1 Å². The third kappa shape index (κ3) is 5.86. The zero-order chi connectivity index (χ0) is 29.3. The number of carbonyl (C=O) groups is 2. The monoisotopic (exact) mass is 579 g/mol. The number of aryl methyl sites for hydroxylation is 1. The summed E-state index contributed by atoms with van der Waals surface area (Å²) in [6.07, 6.45) is 3.74. The van der Waals surface area contributed by atoms with Gasteiger partial charge in [-0.15, -0.1) is 0 Å². The molecular weight excluding hydrogens is 545 g/mol. The highest BCUT2D eigenvalue weighted by Crippen LogP contribution is 2.42. The molecule has 3 aromatic rings. The Balaban J connectivity index is 1.58. The molecule has 2 amide bonds. The number of halogens is 2. The van der Waals surface area contributed by atoms with Crippen LogP contribution in [0.1, 0.15) is 54.6 Å². The van der Waals surface area contributed by atoms with Gasteiger partial charge in [0.15, 0.2) is 5.82 Å². The van der Waals surface area contributed by atoms with Gasteiger partial charge in [-0.25, -0.2) is 14.4 Å². The van der Waals surface area contributed by atoms with Crippen LogP contribution in [0.15, 0.2) is 42.2 Å². The zero-order valence-electron chi connectivity index (χ0n) is 23.7. The van der Waals surface area contributed by atoms with Crippen molar-refractivity contribution in [3.63, 3.8) is 0 Å². The molecule has 8 nitrogen and oxygen atoms in total. The first-order valence-electron chi connectivity index (χ1n) is 14.1. The summed E-state index contributed by atoms with van der Waals surface area (Å²) in [5.74, 6) is 0.172. The molecule has 5 rings (SSSR count). The molecule has 1 fully saturated rings. The van der Waals surface area contributed by atoms with Crippen molar-refractivity contribution in [1.29, 1.82) is 0 Å². The van der Waals surface area contributed by atoms with E-state index < -0.39 is 11.7 Å². The Morgan fingerprint density at radius 1 is 1.15 bits per heavy atom. The maximum atomic E-state index is 16.6. The predicted molar refractivity (Wildman–Crippen MR) is 158 cm³/mol. The second-order valence-corrected chi connectivity index (χ2v) is 11.2. The molecule has 0 spiro atoms. The maximum absolute atomic E-state index is 16.6. The van der Waals surface area contributed by atoms with Crippen molar-refractivity contribution in [2.75, 3.05) is 45.2 Å². The third-order valence-electron chi connectivity index (χ3n) is 7.90. The highest BCUT2D eigenvalue weighted by molar-refractivity contribution is 6.32. The fourth-order valence-corrected chi connectivity index (χ4v) is 5.97. The fourth-order valence-electron chi connectivity index (χ4n) is 5.66. The van der Waals surface area contributed by atoms with Gasteiger partial charge in [-0.05, 0) is 29.7 Å². The largest absolute Gasteiger partial charge is 0.512 e. The molecule has 1 atom stereocenters. The highest BCUT2D eigenvalue weighted by atomic mass is 35.5. The van der Waals surface area contributed by atoms with E-state index >= 15 is 4.39 Å². The SMILES string of the molecule is CCC(=O)N1CCN(c2nc(CCCC(=O)N(C)C)nc3c(F)c([C@H]4C=C(O)Cc5ccccc54)c(Cl)cc23)CC1. The Hall–Kier alpha value is -3.72. The van der Waals surface area contributed by atoms with Crippen LogP contribution < -0.4 is 4.90 Å². The Kier molecular flexibility index (Phi) is 8.45. The first-order valence-corrected chi connectivity index (χ1v) is 14.4. The number of carbonyl (C=O) groups excluding carboxylic acids is 2. The van der Waals surface area contributed by atoms with Gasteiger partial charge in [0.2, 0.25) is 11.8 Å². The van der Waals surface area contributed by atoms with Crippen LogP contribution in [0.3, 0.4) is 0 Å². The lowest BCUT2D eigenvalue weighted by molar-refractivity contribution is -0.131. The summed E-state index contributed by atoms with van der Waals surface area (Å²) in [4.78, 5) is 39.3. The Morgan fingerprint density at radius 3 is 2.59 bits per heavy atom. The van der Waals surface area contributed by atoms with Gasteiger partial charge >= 0.3 is 0 Å². The van der Waals surface area contributed by atoms with Crippen molar-refractivity contribution in [2.24, 2.45) is 0 Å². The minimum absolute atomic E-state index is 0.00512. The topological polar surface area (TPSA) is 89.9 Å². The Bertz CT molecular complexity index is 1520. The van der Waals surface area contributed by atoms with Gasteiger partial charge < -0.3 is 19.8 Å². The molecule has 0 saturated carbocycles. The second-order valence-electron chi connectivity index (χ2n) is 10.8. The number of aliphatic hydroxyl groups excluding tert-OH is 1. The van der Waals surface area contributed by atoms with E-state index in [4.69, 9.17) is 16.6 Å². The van der Waals surface area contributed by atoms with E-state index in [1.165, 1.54) is 0 Å². The molecule has 216 valence electrons. The third-order valence-corrected chi connectivity index (χ3v) is 8.21. The summed E-state index contributed by atoms with van der Waals surface area (Å²) in [6.45, 7) is 4.03. The number of nitrogens with zero attached hydrogens (tertiary/aromatic N) is 5. The van der Waals surface area contributed by atoms with E-state index in [9.17, 15) is 14.7 Å². The number of hydrogen-bond donors (Lipinski definition) is 1. The number of hydrogen-bond acceptors (Lipinski definition) is 6. The summed E-state index contributed by atoms with van der Waals surface area (Å²) in [7, 11) is 3.43. The standard InChI is InChI=1S/C31H35ClFN5O3/c1-4-26(40)37-12-14-38(15-13-37)31-23-18-24(32)28(22-17-20(39)16-19-8-5-6-9-21(19)22)29(33)30(23)34-25(35-31)10-7-11-27(41)36(2)3/h5-6,8-9,17-18,22,39H,4,7,10-16H2,1-3H3/t22-/m0/s1. The van der Waals surface area contributed by atoms with Crippen LogP contribution in [0.2, 0.25) is 5.02 Å². The number of benzene rings is 2. The van der Waals surface area contributed by atoms with Crippen LogP contribution in [0.5, 0.6) is 0 Å². The Morgan fingerprint density at radius 2 is 1.88 bits per heavy atom. The summed E-state index contributed by atoms with van der Waals surface area (Å²) in [5, 5.41) is 11.2. The van der Waals surface area contributed by atoms with Crippen LogP contribution in [0.25, 0.3) is 10.9 Å². The molecule has 1 aliphatic heterocycles. The molecule has 2 heterocycles. The average molecular weight is 580 g/mol. The molecule has 0 unspecified atom stereocenters. The fraction of sp³-hybridized carbons (Fsp3) is 0.419. The minimum Gasteiger partial charge on any atom is -0.512 e. The second kappa shape index (κ2) is 12.0. The lowest BCUT2D eigenvalue weighted by Gasteiger charge is -2.36. The summed E-state index contributed by atoms with van der Waals surface area (Å²) in [6, 6.07) is 9.36. The predicted octanol–water partition coefficient (Wildman–Crippen LogP) is 5.02. The molecule has 1 aliphatic carbocycles. The molecule has 41 heavy (non-hydrogen) atoms. The molecule has 10 heteroatoms. The van der Waals surface area contributed by atoms with E-state index in [-0.39, 0.29) is 33.7 Å². The van der Waals surface area contributed by atoms with Gasteiger partial charge in [-0.2, -0.15) is 0 Å². The summed E-state index contributed by atoms with van der Waals surface area (Å²) < 4.78 is 16.6. The van der Waals surface area contributed by atoms with Crippen molar-refractivity contribution in [3.05, 3.63) is 75.5 Å². The van der Waals surface area contributed by atoms with E-state index in [0.29, 0.717) is 75.3 Å². The highest BCUT2D eigenvalue weighted by Gasteiger charge is 2.30. The van der Waals surface area contributed by atoms with Crippen molar-refractivity contribution in [1.82, 2.24) is 19.8 Å². The van der Waals surface area contributed by atoms with Crippen LogP contribution in [0.4, 0.5) is 10.2 Å². The first kappa shape index (κ1) is 28.8. The number of allylic oxidation sites excluding steroid dienone is 2. The quantitative estimate of drug-likeness (QED) is 0.423. The molecule has 0 radical (unpaired) electrons. The van der Waals surface area contributed by atoms with Crippen molar-refractivity contribution in [2.45, 2.75) is 44.9 Å². The van der Waals surface area contributed by atoms with E-state index in [2.05, 4.69) is 9.88 Å². The van der Waals surface area contributed by atoms with E-state index in [1.807, 2.05) is 36.1 Å². The molecule has 1 N–H and O–H groups in total. The summed E-state index contributed by atoms with van der Waals surface area (Å²) in [5.41, 5.74) is 2.22. The van der Waals surface area contributed by atoms with Crippen molar-refractivity contribution >= 4 is 40.1 Å². The summed E-state index contributed by atoms with van der Waals surface area (Å²) >= 11 is 6.82. The first-order chi connectivity index (χ1) is 19.7. The molecule has 0 bridgehead atoms. The number of amides is 2. The average Bonchev–Trinajstić information content (AvgIpc) is 2.96. The van der Waals surface area contributed by atoms with Gasteiger partial charge in [0, 0.05) is 87.8 Å². The number of rotatable bonds is 7. The number of fused-ring (bicyclic) bond motifs is 2. The molecule has 1 saturated heterocycles. The van der Waals surface area contributed by atoms with Gasteiger partial charge in [0.25, 0.3) is 0 Å². The van der Waals surface area contributed by atoms with Gasteiger partial charge in [0.1, 0.15) is 17.2 Å². The number of aliphatic hydroxyl groups is 1. The minimum atomic E-state index is -0.569. The maximum Gasteiger partial charge on any atom is 0.222 e. The van der Waals surface area contributed by atoms with Gasteiger partial charge in [0.05, 0.1) is 5.76 Å². The molecular formula is C31H35ClFN5O3. The lowest BCUT2D eigenvalue weighted by Crippen LogP contribution is -2.49. The van der Waals surface area contributed by atoms with Crippen LogP contribution >= 0.6 is 11.6 Å². The molecule has 1 aromatic heterocycles. The van der Waals surface area contributed by atoms with Crippen LogP contribution in [0, 0.1) is 5.82 Å². The smallest absolute Gasteiger partial charge is 0.222 e. The van der Waals surface area contributed by atoms with Crippen molar-refractivity contribution < 1.29 is 19.1 Å². The van der Waals surface area contributed by atoms with Gasteiger partial charge in [-0.1, -0.05) is 42.8 Å². The molecule has 2 aromatic carbocycles. The zero-order valence-corrected chi connectivity index (χ0v) is 24.4. The van der Waals surface area contributed by atoms with Crippen LogP contribution in [-0.4, -0.2) is 77.0 Å². The normalized spacial score (nSPS) is 16.9. The number of anilines is 1. The van der Waals surface area contributed by atoms with E-state index in [1.54, 1.807) is 31.1 Å². The lowest BCUT2D eigenvalue weighted by atomic mass is 9.82. The Labute approximate surface area is 244 Å². The van der Waals surface area contributed by atoms with Crippen LogP contribution in [-0.2, 0) is 22.4 Å². The number of piperazine rings is 1. The van der Waals surface area contributed by atoms with Gasteiger partial charge in [-0.3, -0.25) is 9.59 Å². The molecule has 2 aliphatic rings. The number of aromatic nitrogens is 2. The van der Waals surface area contributed by atoms with Crippen molar-refractivity contribution in [3.8, 4) is 0 Å².